The first kappa shape index (κ1) is 14.4. The second-order valence-electron chi connectivity index (χ2n) is 4.85. The van der Waals surface area contributed by atoms with Gasteiger partial charge in [0.05, 0.1) is 11.2 Å². The van der Waals surface area contributed by atoms with Gasteiger partial charge in [0.15, 0.2) is 0 Å². The molecule has 1 aliphatic rings. The fourth-order valence-corrected chi connectivity index (χ4v) is 3.32. The molecule has 4 heteroatoms. The SMILES string of the molecule is CCSc1ccccc1NC(=O)C1(CC)CCCN1. The maximum Gasteiger partial charge on any atom is 0.244 e. The predicted octanol–water partition coefficient (Wildman–Crippen LogP) is 3.27. The molecule has 1 saturated heterocycles. The van der Waals surface area contributed by atoms with Crippen LogP contribution in [0, 0.1) is 0 Å². The Morgan fingerprint density at radius 3 is 2.84 bits per heavy atom. The first-order valence-corrected chi connectivity index (χ1v) is 7.98. The molecule has 104 valence electrons. The minimum Gasteiger partial charge on any atom is -0.323 e. The molecular formula is C15H22N2OS. The highest BCUT2D eigenvalue weighted by atomic mass is 32.2. The predicted molar refractivity (Wildman–Crippen MR) is 81.7 cm³/mol. The highest BCUT2D eigenvalue weighted by Gasteiger charge is 2.39. The van der Waals surface area contributed by atoms with E-state index in [1.807, 2.05) is 18.2 Å². The summed E-state index contributed by atoms with van der Waals surface area (Å²) in [6.45, 7) is 5.13. The van der Waals surface area contributed by atoms with E-state index < -0.39 is 0 Å². The van der Waals surface area contributed by atoms with Gasteiger partial charge in [-0.2, -0.15) is 0 Å². The van der Waals surface area contributed by atoms with E-state index in [9.17, 15) is 4.79 Å². The van der Waals surface area contributed by atoms with Gasteiger partial charge >= 0.3 is 0 Å². The van der Waals surface area contributed by atoms with Crippen LogP contribution in [0.25, 0.3) is 0 Å². The molecule has 0 spiro atoms. The van der Waals surface area contributed by atoms with E-state index in [-0.39, 0.29) is 11.4 Å². The molecule has 1 aromatic rings. The van der Waals surface area contributed by atoms with Crippen LogP contribution in [-0.4, -0.2) is 23.7 Å². The van der Waals surface area contributed by atoms with Crippen LogP contribution >= 0.6 is 11.8 Å². The van der Waals surface area contributed by atoms with E-state index in [2.05, 4.69) is 30.5 Å². The average Bonchev–Trinajstić information content (AvgIpc) is 2.91. The van der Waals surface area contributed by atoms with Crippen molar-refractivity contribution in [2.24, 2.45) is 0 Å². The van der Waals surface area contributed by atoms with Gasteiger partial charge in [-0.15, -0.1) is 11.8 Å². The second-order valence-corrected chi connectivity index (χ2v) is 6.16. The zero-order valence-corrected chi connectivity index (χ0v) is 12.5. The van der Waals surface area contributed by atoms with Crippen LogP contribution in [0.3, 0.4) is 0 Å². The largest absolute Gasteiger partial charge is 0.323 e. The molecule has 2 N–H and O–H groups in total. The van der Waals surface area contributed by atoms with Crippen molar-refractivity contribution in [3.8, 4) is 0 Å². The Morgan fingerprint density at radius 1 is 1.42 bits per heavy atom. The lowest BCUT2D eigenvalue weighted by Crippen LogP contribution is -2.50. The summed E-state index contributed by atoms with van der Waals surface area (Å²) in [5.74, 6) is 1.11. The number of rotatable bonds is 5. The molecule has 1 fully saturated rings. The van der Waals surface area contributed by atoms with Crippen molar-refractivity contribution in [1.82, 2.24) is 5.32 Å². The molecule has 3 nitrogen and oxygen atoms in total. The molecule has 1 unspecified atom stereocenters. The molecular weight excluding hydrogens is 256 g/mol. The second kappa shape index (κ2) is 6.44. The summed E-state index contributed by atoms with van der Waals surface area (Å²) in [6.07, 6.45) is 2.84. The summed E-state index contributed by atoms with van der Waals surface area (Å²) in [6, 6.07) is 8.02. The van der Waals surface area contributed by atoms with Crippen LogP contribution in [0.4, 0.5) is 5.69 Å². The topological polar surface area (TPSA) is 41.1 Å². The number of para-hydroxylation sites is 1. The zero-order valence-electron chi connectivity index (χ0n) is 11.7. The molecule has 0 aromatic heterocycles. The van der Waals surface area contributed by atoms with Crippen LogP contribution in [0.1, 0.15) is 33.1 Å². The molecule has 1 heterocycles. The summed E-state index contributed by atoms with van der Waals surface area (Å²) in [4.78, 5) is 13.7. The number of hydrogen-bond acceptors (Lipinski definition) is 3. The standard InChI is InChI=1S/C15H22N2OS/c1-3-15(10-7-11-16-15)14(18)17-12-8-5-6-9-13(12)19-4-2/h5-6,8-9,16H,3-4,7,10-11H2,1-2H3,(H,17,18). The third-order valence-corrected chi connectivity index (χ3v) is 4.67. The molecule has 0 bridgehead atoms. The van der Waals surface area contributed by atoms with E-state index in [1.54, 1.807) is 11.8 Å². The highest BCUT2D eigenvalue weighted by molar-refractivity contribution is 7.99. The number of amides is 1. The number of thioether (sulfide) groups is 1. The van der Waals surface area contributed by atoms with Gasteiger partial charge in [-0.05, 0) is 43.7 Å². The van der Waals surface area contributed by atoms with Crippen molar-refractivity contribution in [1.29, 1.82) is 0 Å². The number of hydrogen-bond donors (Lipinski definition) is 2. The summed E-state index contributed by atoms with van der Waals surface area (Å²) in [7, 11) is 0. The number of benzene rings is 1. The molecule has 1 aromatic carbocycles. The summed E-state index contributed by atoms with van der Waals surface area (Å²) in [5, 5.41) is 6.48. The van der Waals surface area contributed by atoms with E-state index in [1.165, 1.54) is 0 Å². The van der Waals surface area contributed by atoms with Crippen LogP contribution in [0.15, 0.2) is 29.2 Å². The van der Waals surface area contributed by atoms with Crippen molar-refractivity contribution in [3.63, 3.8) is 0 Å². The Bertz CT molecular complexity index is 442. The van der Waals surface area contributed by atoms with Gasteiger partial charge in [-0.1, -0.05) is 26.0 Å². The first-order valence-electron chi connectivity index (χ1n) is 7.00. The molecule has 19 heavy (non-hydrogen) atoms. The van der Waals surface area contributed by atoms with Crippen LogP contribution in [-0.2, 0) is 4.79 Å². The highest BCUT2D eigenvalue weighted by Crippen LogP contribution is 2.29. The molecule has 0 saturated carbocycles. The summed E-state index contributed by atoms with van der Waals surface area (Å²) in [5.41, 5.74) is 0.560. The van der Waals surface area contributed by atoms with Gasteiger partial charge in [-0.25, -0.2) is 0 Å². The summed E-state index contributed by atoms with van der Waals surface area (Å²) >= 11 is 1.76. The van der Waals surface area contributed by atoms with Gasteiger partial charge in [0.2, 0.25) is 5.91 Å². The Morgan fingerprint density at radius 2 is 2.21 bits per heavy atom. The van der Waals surface area contributed by atoms with Crippen LogP contribution in [0.5, 0.6) is 0 Å². The Kier molecular flexibility index (Phi) is 4.88. The normalized spacial score (nSPS) is 22.4. The lowest BCUT2D eigenvalue weighted by Gasteiger charge is -2.27. The fraction of sp³-hybridized carbons (Fsp3) is 0.533. The molecule has 2 rings (SSSR count). The number of anilines is 1. The average molecular weight is 278 g/mol. The fourth-order valence-electron chi connectivity index (χ4n) is 2.56. The minimum atomic E-state index is -0.371. The lowest BCUT2D eigenvalue weighted by molar-refractivity contribution is -0.122. The number of nitrogens with one attached hydrogen (secondary N) is 2. The van der Waals surface area contributed by atoms with Gasteiger partial charge in [0, 0.05) is 4.90 Å². The number of carbonyl (C=O) groups is 1. The van der Waals surface area contributed by atoms with Gasteiger partial charge in [-0.3, -0.25) is 4.79 Å². The third kappa shape index (κ3) is 3.12. The van der Waals surface area contributed by atoms with E-state index >= 15 is 0 Å². The Hall–Kier alpha value is -1.00. The quantitative estimate of drug-likeness (QED) is 0.812. The third-order valence-electron chi connectivity index (χ3n) is 3.72. The van der Waals surface area contributed by atoms with Crippen LogP contribution < -0.4 is 10.6 Å². The van der Waals surface area contributed by atoms with Crippen molar-refractivity contribution in [2.75, 3.05) is 17.6 Å². The van der Waals surface area contributed by atoms with Crippen molar-refractivity contribution in [3.05, 3.63) is 24.3 Å². The van der Waals surface area contributed by atoms with Crippen LogP contribution in [0.2, 0.25) is 0 Å². The Labute approximate surface area is 119 Å². The summed E-state index contributed by atoms with van der Waals surface area (Å²) < 4.78 is 0. The molecule has 0 aliphatic carbocycles. The van der Waals surface area contributed by atoms with E-state index in [0.717, 1.165) is 42.1 Å². The molecule has 0 radical (unpaired) electrons. The number of carbonyl (C=O) groups excluding carboxylic acids is 1. The molecule has 1 amide bonds. The Balaban J connectivity index is 2.14. The zero-order chi connectivity index (χ0) is 13.7. The first-order chi connectivity index (χ1) is 9.22. The van der Waals surface area contributed by atoms with E-state index in [0.29, 0.717) is 0 Å². The van der Waals surface area contributed by atoms with Crippen molar-refractivity contribution >= 4 is 23.4 Å². The molecule has 1 aliphatic heterocycles. The van der Waals surface area contributed by atoms with Gasteiger partial charge in [0.1, 0.15) is 0 Å². The monoisotopic (exact) mass is 278 g/mol. The maximum atomic E-state index is 12.5. The minimum absolute atomic E-state index is 0.108. The van der Waals surface area contributed by atoms with E-state index in [4.69, 9.17) is 0 Å². The maximum absolute atomic E-state index is 12.5. The van der Waals surface area contributed by atoms with Crippen molar-refractivity contribution in [2.45, 2.75) is 43.5 Å². The van der Waals surface area contributed by atoms with Gasteiger partial charge in [0.25, 0.3) is 0 Å². The van der Waals surface area contributed by atoms with Gasteiger partial charge < -0.3 is 10.6 Å². The lowest BCUT2D eigenvalue weighted by atomic mass is 9.93. The molecule has 1 atom stereocenters. The van der Waals surface area contributed by atoms with Crippen molar-refractivity contribution < 1.29 is 4.79 Å². The smallest absolute Gasteiger partial charge is 0.244 e.